The molecule has 2 aliphatic heterocycles. The molecule has 0 radical (unpaired) electrons. The highest BCUT2D eigenvalue weighted by Crippen LogP contribution is 2.33. The third-order valence-corrected chi connectivity index (χ3v) is 4.88. The average Bonchev–Trinajstić information content (AvgIpc) is 3.20. The lowest BCUT2D eigenvalue weighted by Crippen LogP contribution is -2.37. The summed E-state index contributed by atoms with van der Waals surface area (Å²) in [6, 6.07) is 10.2. The number of oxime groups is 1. The molecule has 5 heteroatoms. The number of benzene rings is 1. The second kappa shape index (κ2) is 6.71. The van der Waals surface area contributed by atoms with Crippen LogP contribution in [0.1, 0.15) is 38.2 Å². The first kappa shape index (κ1) is 16.0. The van der Waals surface area contributed by atoms with Gasteiger partial charge in [-0.05, 0) is 18.0 Å². The Balaban J connectivity index is 1.50. The van der Waals surface area contributed by atoms with Crippen LogP contribution >= 0.6 is 0 Å². The Kier molecular flexibility index (Phi) is 4.66. The number of nitrogens with zero attached hydrogens (tertiary/aromatic N) is 2. The average molecular weight is 315 g/mol. The molecule has 0 aliphatic carbocycles. The van der Waals surface area contributed by atoms with Crippen molar-refractivity contribution in [1.82, 2.24) is 10.2 Å². The quantitative estimate of drug-likeness (QED) is 0.906. The predicted octanol–water partition coefficient (Wildman–Crippen LogP) is 2.15. The van der Waals surface area contributed by atoms with E-state index < -0.39 is 0 Å². The van der Waals surface area contributed by atoms with Gasteiger partial charge in [-0.15, -0.1) is 0 Å². The number of amides is 1. The Morgan fingerprint density at radius 3 is 2.91 bits per heavy atom. The lowest BCUT2D eigenvalue weighted by Gasteiger charge is -2.20. The summed E-state index contributed by atoms with van der Waals surface area (Å²) in [6.45, 7) is 7.76. The monoisotopic (exact) mass is 315 g/mol. The number of carbonyl (C=O) groups is 1. The first-order valence-electron chi connectivity index (χ1n) is 8.42. The Morgan fingerprint density at radius 2 is 2.22 bits per heavy atom. The highest BCUT2D eigenvalue weighted by Gasteiger charge is 2.46. The highest BCUT2D eigenvalue weighted by molar-refractivity contribution is 6.39. The molecule has 3 rings (SSSR count). The van der Waals surface area contributed by atoms with Crippen LogP contribution in [-0.2, 0) is 9.63 Å². The van der Waals surface area contributed by atoms with Crippen LogP contribution in [0.4, 0.5) is 0 Å². The molecule has 0 aromatic heterocycles. The molecule has 1 spiro atoms. The molecule has 0 bridgehead atoms. The zero-order chi connectivity index (χ0) is 16.3. The molecule has 2 heterocycles. The summed E-state index contributed by atoms with van der Waals surface area (Å²) < 4.78 is 0. The standard InChI is InChI=1S/C18H25N3O2/c1-3-21-10-9-18(13-21)11-16(20-23-18)17(22)19-12-14(2)15-7-5-4-6-8-15/h4-8,14H,3,9-13H2,1-2H3,(H,19,22)/t14-,18-/m1/s1. The summed E-state index contributed by atoms with van der Waals surface area (Å²) in [5.74, 6) is 0.179. The largest absolute Gasteiger partial charge is 0.387 e. The predicted molar refractivity (Wildman–Crippen MR) is 90.5 cm³/mol. The minimum absolute atomic E-state index is 0.0976. The number of nitrogens with one attached hydrogen (secondary N) is 1. The van der Waals surface area contributed by atoms with Crippen LogP contribution in [-0.4, -0.2) is 48.3 Å². The van der Waals surface area contributed by atoms with E-state index in [2.05, 4.69) is 41.4 Å². The van der Waals surface area contributed by atoms with E-state index in [-0.39, 0.29) is 17.4 Å². The third kappa shape index (κ3) is 3.55. The van der Waals surface area contributed by atoms with Gasteiger partial charge >= 0.3 is 0 Å². The first-order chi connectivity index (χ1) is 11.1. The van der Waals surface area contributed by atoms with Crippen molar-refractivity contribution in [2.75, 3.05) is 26.2 Å². The van der Waals surface area contributed by atoms with Gasteiger partial charge in [0.1, 0.15) is 5.71 Å². The zero-order valence-corrected chi connectivity index (χ0v) is 13.9. The molecular weight excluding hydrogens is 290 g/mol. The van der Waals surface area contributed by atoms with Crippen LogP contribution in [0.2, 0.25) is 0 Å². The number of likely N-dealkylation sites (tertiary alicyclic amines) is 1. The number of carbonyl (C=O) groups excluding carboxylic acids is 1. The minimum Gasteiger partial charge on any atom is -0.387 e. The first-order valence-corrected chi connectivity index (χ1v) is 8.42. The van der Waals surface area contributed by atoms with Crippen LogP contribution < -0.4 is 5.32 Å². The van der Waals surface area contributed by atoms with Gasteiger partial charge in [-0.1, -0.05) is 49.3 Å². The van der Waals surface area contributed by atoms with Crippen LogP contribution in [0.25, 0.3) is 0 Å². The van der Waals surface area contributed by atoms with Crippen LogP contribution in [0, 0.1) is 0 Å². The maximum atomic E-state index is 12.3. The van der Waals surface area contributed by atoms with E-state index in [0.717, 1.165) is 26.1 Å². The van der Waals surface area contributed by atoms with Gasteiger partial charge in [0.15, 0.2) is 5.60 Å². The maximum Gasteiger partial charge on any atom is 0.269 e. The number of likely N-dealkylation sites (N-methyl/N-ethyl adjacent to an activating group) is 1. The molecule has 1 aromatic rings. The van der Waals surface area contributed by atoms with Gasteiger partial charge in [0, 0.05) is 32.5 Å². The SMILES string of the molecule is CCN1CC[C@@]2(CC(C(=O)NC[C@@H](C)c3ccccc3)=NO2)C1. The molecule has 1 amide bonds. The lowest BCUT2D eigenvalue weighted by molar-refractivity contribution is -0.115. The number of rotatable bonds is 5. The van der Waals surface area contributed by atoms with E-state index in [0.29, 0.717) is 18.7 Å². The molecular formula is C18H25N3O2. The minimum atomic E-state index is -0.270. The Hall–Kier alpha value is -1.88. The number of hydrogen-bond acceptors (Lipinski definition) is 4. The molecule has 5 nitrogen and oxygen atoms in total. The van der Waals surface area contributed by atoms with Crippen LogP contribution in [0.15, 0.2) is 35.5 Å². The van der Waals surface area contributed by atoms with Crippen LogP contribution in [0.5, 0.6) is 0 Å². The smallest absolute Gasteiger partial charge is 0.269 e. The number of hydrogen-bond donors (Lipinski definition) is 1. The van der Waals surface area contributed by atoms with E-state index in [4.69, 9.17) is 4.84 Å². The van der Waals surface area contributed by atoms with E-state index >= 15 is 0 Å². The topological polar surface area (TPSA) is 53.9 Å². The van der Waals surface area contributed by atoms with Gasteiger partial charge in [-0.3, -0.25) is 9.69 Å². The molecule has 1 fully saturated rings. The van der Waals surface area contributed by atoms with Gasteiger partial charge in [0.05, 0.1) is 0 Å². The summed E-state index contributed by atoms with van der Waals surface area (Å²) in [4.78, 5) is 20.3. The Morgan fingerprint density at radius 1 is 1.43 bits per heavy atom. The van der Waals surface area contributed by atoms with Crippen molar-refractivity contribution in [1.29, 1.82) is 0 Å². The zero-order valence-electron chi connectivity index (χ0n) is 13.9. The molecule has 0 unspecified atom stereocenters. The molecule has 1 saturated heterocycles. The van der Waals surface area contributed by atoms with Crippen molar-refractivity contribution in [2.24, 2.45) is 5.16 Å². The summed E-state index contributed by atoms with van der Waals surface area (Å²) in [5.41, 5.74) is 1.49. The molecule has 1 aromatic carbocycles. The molecule has 2 aliphatic rings. The van der Waals surface area contributed by atoms with E-state index in [9.17, 15) is 4.79 Å². The summed E-state index contributed by atoms with van der Waals surface area (Å²) in [6.07, 6.45) is 1.57. The van der Waals surface area contributed by atoms with E-state index in [1.165, 1.54) is 5.56 Å². The molecule has 0 saturated carbocycles. The third-order valence-electron chi connectivity index (χ3n) is 4.88. The highest BCUT2D eigenvalue weighted by atomic mass is 16.7. The van der Waals surface area contributed by atoms with Crippen molar-refractivity contribution in [3.63, 3.8) is 0 Å². The van der Waals surface area contributed by atoms with Crippen molar-refractivity contribution in [3.8, 4) is 0 Å². The Bertz CT molecular complexity index is 587. The van der Waals surface area contributed by atoms with E-state index in [1.54, 1.807) is 0 Å². The molecule has 23 heavy (non-hydrogen) atoms. The molecule has 124 valence electrons. The second-order valence-electron chi connectivity index (χ2n) is 6.63. The van der Waals surface area contributed by atoms with E-state index in [1.807, 2.05) is 18.2 Å². The normalized spacial score (nSPS) is 25.2. The van der Waals surface area contributed by atoms with Crippen LogP contribution in [0.3, 0.4) is 0 Å². The van der Waals surface area contributed by atoms with Gasteiger partial charge in [0.2, 0.25) is 0 Å². The van der Waals surface area contributed by atoms with Gasteiger partial charge in [-0.25, -0.2) is 0 Å². The van der Waals surface area contributed by atoms with Crippen molar-refractivity contribution < 1.29 is 9.63 Å². The van der Waals surface area contributed by atoms with Gasteiger partial charge in [-0.2, -0.15) is 0 Å². The van der Waals surface area contributed by atoms with Gasteiger partial charge < -0.3 is 10.2 Å². The lowest BCUT2D eigenvalue weighted by atomic mass is 9.96. The summed E-state index contributed by atoms with van der Waals surface area (Å²) in [5, 5.41) is 7.06. The molecule has 1 N–H and O–H groups in total. The fourth-order valence-corrected chi connectivity index (χ4v) is 3.31. The second-order valence-corrected chi connectivity index (χ2v) is 6.63. The van der Waals surface area contributed by atoms with Crippen molar-refractivity contribution in [3.05, 3.63) is 35.9 Å². The fraction of sp³-hybridized carbons (Fsp3) is 0.556. The molecule has 2 atom stereocenters. The Labute approximate surface area is 137 Å². The van der Waals surface area contributed by atoms with Gasteiger partial charge in [0.25, 0.3) is 5.91 Å². The van der Waals surface area contributed by atoms with Crippen molar-refractivity contribution >= 4 is 11.6 Å². The van der Waals surface area contributed by atoms with Crippen molar-refractivity contribution in [2.45, 2.75) is 38.2 Å². The summed E-state index contributed by atoms with van der Waals surface area (Å²) >= 11 is 0. The maximum absolute atomic E-state index is 12.3. The summed E-state index contributed by atoms with van der Waals surface area (Å²) in [7, 11) is 0. The fourth-order valence-electron chi connectivity index (χ4n) is 3.31.